The normalized spacial score (nSPS) is 25.9. The van der Waals surface area contributed by atoms with Crippen LogP contribution in [-0.4, -0.2) is 39.4 Å². The standard InChI is InChI=1S/C13H17N5O/c1-7-3-4-9-6-19-13-10-11(16-17-13)14-8(2)15-12(10)18(9)5-7/h7,9H,3-6H2,1-2H3,(H,14,15,16,17)/t7?,9-/m0/s1. The Morgan fingerprint density at radius 1 is 1.32 bits per heavy atom. The smallest absolute Gasteiger partial charge is 0.246 e. The highest BCUT2D eigenvalue weighted by Crippen LogP contribution is 2.37. The van der Waals surface area contributed by atoms with Gasteiger partial charge in [0.1, 0.15) is 23.6 Å². The van der Waals surface area contributed by atoms with Gasteiger partial charge in [-0.25, -0.2) is 9.97 Å². The van der Waals surface area contributed by atoms with E-state index >= 15 is 0 Å². The van der Waals surface area contributed by atoms with Crippen LogP contribution in [0.3, 0.4) is 0 Å². The number of piperidine rings is 1. The minimum absolute atomic E-state index is 0.405. The van der Waals surface area contributed by atoms with Crippen LogP contribution in [0.25, 0.3) is 11.0 Å². The summed E-state index contributed by atoms with van der Waals surface area (Å²) in [4.78, 5) is 11.4. The molecule has 2 aromatic rings. The van der Waals surface area contributed by atoms with Crippen molar-refractivity contribution in [2.45, 2.75) is 32.7 Å². The molecule has 1 N–H and O–H groups in total. The molecule has 2 atom stereocenters. The number of ether oxygens (including phenoxy) is 1. The number of hydrogen-bond acceptors (Lipinski definition) is 5. The number of aromatic nitrogens is 4. The van der Waals surface area contributed by atoms with E-state index in [9.17, 15) is 0 Å². The second-order valence-corrected chi connectivity index (χ2v) is 5.65. The summed E-state index contributed by atoms with van der Waals surface area (Å²) in [6, 6.07) is 0.405. The molecule has 1 saturated heterocycles. The molecule has 0 saturated carbocycles. The summed E-state index contributed by atoms with van der Waals surface area (Å²) in [5, 5.41) is 8.10. The molecule has 4 rings (SSSR count). The molecule has 100 valence electrons. The number of nitrogens with one attached hydrogen (secondary N) is 1. The van der Waals surface area contributed by atoms with Gasteiger partial charge >= 0.3 is 0 Å². The topological polar surface area (TPSA) is 66.9 Å². The van der Waals surface area contributed by atoms with Gasteiger partial charge in [-0.05, 0) is 25.7 Å². The summed E-state index contributed by atoms with van der Waals surface area (Å²) in [5.74, 6) is 3.10. The number of H-pyrrole nitrogens is 1. The summed E-state index contributed by atoms with van der Waals surface area (Å²) in [6.07, 6.45) is 2.40. The van der Waals surface area contributed by atoms with E-state index in [2.05, 4.69) is 32.0 Å². The predicted octanol–water partition coefficient (Wildman–Crippen LogP) is 1.66. The van der Waals surface area contributed by atoms with E-state index in [0.717, 1.165) is 35.6 Å². The molecule has 1 unspecified atom stereocenters. The van der Waals surface area contributed by atoms with Crippen molar-refractivity contribution >= 4 is 16.9 Å². The van der Waals surface area contributed by atoms with Crippen molar-refractivity contribution in [3.8, 4) is 5.88 Å². The van der Waals surface area contributed by atoms with Crippen LogP contribution < -0.4 is 9.64 Å². The van der Waals surface area contributed by atoms with E-state index < -0.39 is 0 Å². The highest BCUT2D eigenvalue weighted by molar-refractivity contribution is 5.92. The molecule has 6 heteroatoms. The largest absolute Gasteiger partial charge is 0.474 e. The molecule has 6 nitrogen and oxygen atoms in total. The number of fused-ring (bicyclic) bond motifs is 2. The second kappa shape index (κ2) is 3.82. The SMILES string of the molecule is Cc1nc2c3c(n[nH]c3n1)OC[C@@H]1CCC(C)CN21. The maximum atomic E-state index is 5.84. The highest BCUT2D eigenvalue weighted by atomic mass is 16.5. The molecule has 0 spiro atoms. The molecule has 2 aliphatic heterocycles. The number of aryl methyl sites for hydroxylation is 1. The Bertz CT molecular complexity index is 637. The number of anilines is 1. The first-order valence-corrected chi connectivity index (χ1v) is 6.84. The summed E-state index contributed by atoms with van der Waals surface area (Å²) in [7, 11) is 0. The van der Waals surface area contributed by atoms with E-state index in [1.807, 2.05) is 6.92 Å². The van der Waals surface area contributed by atoms with Gasteiger partial charge in [-0.3, -0.25) is 5.10 Å². The van der Waals surface area contributed by atoms with E-state index in [4.69, 9.17) is 4.74 Å². The van der Waals surface area contributed by atoms with E-state index in [1.54, 1.807) is 0 Å². The molecular formula is C13H17N5O. The molecule has 0 radical (unpaired) electrons. The van der Waals surface area contributed by atoms with Crippen molar-refractivity contribution < 1.29 is 4.74 Å². The van der Waals surface area contributed by atoms with Gasteiger partial charge in [0.15, 0.2) is 5.65 Å². The lowest BCUT2D eigenvalue weighted by Gasteiger charge is -2.38. The molecule has 1 fully saturated rings. The van der Waals surface area contributed by atoms with Gasteiger partial charge in [-0.2, -0.15) is 0 Å². The van der Waals surface area contributed by atoms with Gasteiger partial charge in [-0.15, -0.1) is 5.10 Å². The first-order valence-electron chi connectivity index (χ1n) is 6.84. The molecule has 4 heterocycles. The average molecular weight is 259 g/mol. The third-order valence-electron chi connectivity index (χ3n) is 4.11. The van der Waals surface area contributed by atoms with E-state index in [-0.39, 0.29) is 0 Å². The molecule has 0 amide bonds. The lowest BCUT2D eigenvalue weighted by molar-refractivity contribution is 0.244. The van der Waals surface area contributed by atoms with Crippen LogP contribution in [0.15, 0.2) is 0 Å². The zero-order chi connectivity index (χ0) is 13.0. The number of rotatable bonds is 0. The van der Waals surface area contributed by atoms with Crippen molar-refractivity contribution in [2.75, 3.05) is 18.1 Å². The fourth-order valence-electron chi connectivity index (χ4n) is 3.12. The minimum atomic E-state index is 0.405. The Morgan fingerprint density at radius 3 is 3.11 bits per heavy atom. The van der Waals surface area contributed by atoms with Crippen molar-refractivity contribution in [3.63, 3.8) is 0 Å². The molecule has 19 heavy (non-hydrogen) atoms. The first kappa shape index (κ1) is 11.0. The molecule has 0 bridgehead atoms. The molecule has 0 aromatic carbocycles. The molecule has 2 aliphatic rings. The Kier molecular flexibility index (Phi) is 2.22. The zero-order valence-corrected chi connectivity index (χ0v) is 11.2. The van der Waals surface area contributed by atoms with Crippen molar-refractivity contribution in [3.05, 3.63) is 5.82 Å². The Hall–Kier alpha value is -1.85. The lowest BCUT2D eigenvalue weighted by Crippen LogP contribution is -2.45. The van der Waals surface area contributed by atoms with Crippen LogP contribution in [0.5, 0.6) is 5.88 Å². The maximum Gasteiger partial charge on any atom is 0.246 e. The van der Waals surface area contributed by atoms with Crippen LogP contribution in [0, 0.1) is 12.8 Å². The van der Waals surface area contributed by atoms with Crippen molar-refractivity contribution in [2.24, 2.45) is 5.92 Å². The lowest BCUT2D eigenvalue weighted by atomic mass is 9.94. The van der Waals surface area contributed by atoms with Crippen LogP contribution in [0.4, 0.5) is 5.82 Å². The molecular weight excluding hydrogens is 242 g/mol. The summed E-state index contributed by atoms with van der Waals surface area (Å²) >= 11 is 0. The van der Waals surface area contributed by atoms with Gasteiger partial charge in [0, 0.05) is 6.54 Å². The average Bonchev–Trinajstić information content (AvgIpc) is 2.72. The van der Waals surface area contributed by atoms with E-state index in [1.165, 1.54) is 6.42 Å². The van der Waals surface area contributed by atoms with Gasteiger partial charge in [0.2, 0.25) is 5.88 Å². The monoisotopic (exact) mass is 259 g/mol. The summed E-state index contributed by atoms with van der Waals surface area (Å²) in [6.45, 7) is 5.93. The number of nitrogens with zero attached hydrogens (tertiary/aromatic N) is 4. The summed E-state index contributed by atoms with van der Waals surface area (Å²) < 4.78 is 5.84. The first-order chi connectivity index (χ1) is 9.22. The quantitative estimate of drug-likeness (QED) is 0.779. The van der Waals surface area contributed by atoms with Crippen LogP contribution >= 0.6 is 0 Å². The highest BCUT2D eigenvalue weighted by Gasteiger charge is 2.33. The second-order valence-electron chi connectivity index (χ2n) is 5.65. The van der Waals surface area contributed by atoms with Gasteiger partial charge in [-0.1, -0.05) is 6.92 Å². The van der Waals surface area contributed by atoms with Gasteiger partial charge in [0.25, 0.3) is 0 Å². The maximum absolute atomic E-state index is 5.84. The van der Waals surface area contributed by atoms with E-state index in [0.29, 0.717) is 24.4 Å². The minimum Gasteiger partial charge on any atom is -0.474 e. The molecule has 0 aliphatic carbocycles. The Balaban J connectivity index is 1.94. The fraction of sp³-hybridized carbons (Fsp3) is 0.615. The van der Waals surface area contributed by atoms with Crippen molar-refractivity contribution in [1.82, 2.24) is 20.2 Å². The summed E-state index contributed by atoms with van der Waals surface area (Å²) in [5.41, 5.74) is 0.774. The van der Waals surface area contributed by atoms with Gasteiger partial charge < -0.3 is 9.64 Å². The van der Waals surface area contributed by atoms with Crippen molar-refractivity contribution in [1.29, 1.82) is 0 Å². The van der Waals surface area contributed by atoms with Crippen LogP contribution in [0.2, 0.25) is 0 Å². The zero-order valence-electron chi connectivity index (χ0n) is 11.2. The Morgan fingerprint density at radius 2 is 2.21 bits per heavy atom. The molecule has 2 aromatic heterocycles. The third kappa shape index (κ3) is 1.59. The predicted molar refractivity (Wildman–Crippen MR) is 71.4 cm³/mol. The van der Waals surface area contributed by atoms with Crippen LogP contribution in [-0.2, 0) is 0 Å². The number of hydrogen-bond donors (Lipinski definition) is 1. The fourth-order valence-corrected chi connectivity index (χ4v) is 3.12. The third-order valence-corrected chi connectivity index (χ3v) is 4.11. The van der Waals surface area contributed by atoms with Gasteiger partial charge in [0.05, 0.1) is 6.04 Å². The number of aromatic amines is 1. The Labute approximate surface area is 111 Å². The van der Waals surface area contributed by atoms with Crippen LogP contribution in [0.1, 0.15) is 25.6 Å².